The molecular weight excluding hydrogens is 276 g/mol. The molecule has 112 valence electrons. The highest BCUT2D eigenvalue weighted by atomic mass is 16.5. The number of nitrogens with zero attached hydrogens (tertiary/aromatic N) is 1. The Morgan fingerprint density at radius 2 is 2.14 bits per heavy atom. The molecule has 7 heteroatoms. The number of hydrogen-bond acceptors (Lipinski definition) is 5. The van der Waals surface area contributed by atoms with E-state index in [1.807, 2.05) is 0 Å². The number of esters is 1. The van der Waals surface area contributed by atoms with Gasteiger partial charge in [0, 0.05) is 14.0 Å². The van der Waals surface area contributed by atoms with Crippen molar-refractivity contribution >= 4 is 17.8 Å². The molecule has 2 saturated heterocycles. The van der Waals surface area contributed by atoms with Gasteiger partial charge in [-0.1, -0.05) is 0 Å². The number of ether oxygens (including phenoxy) is 1. The number of carbonyl (C=O) groups excluding carboxylic acids is 3. The number of imide groups is 1. The lowest BCUT2D eigenvalue weighted by molar-refractivity contribution is -0.732. The molecule has 2 fully saturated rings. The minimum atomic E-state index is -1.13. The van der Waals surface area contributed by atoms with Gasteiger partial charge >= 0.3 is 5.97 Å². The predicted octanol–water partition coefficient (Wildman–Crippen LogP) is -0.940. The van der Waals surface area contributed by atoms with Gasteiger partial charge in [-0.25, -0.2) is 4.79 Å². The van der Waals surface area contributed by atoms with Crippen LogP contribution >= 0.6 is 0 Å². The summed E-state index contributed by atoms with van der Waals surface area (Å²) in [7, 11) is 2.72. The summed E-state index contributed by atoms with van der Waals surface area (Å²) in [4.78, 5) is 38.1. The van der Waals surface area contributed by atoms with Crippen molar-refractivity contribution in [2.75, 3.05) is 14.2 Å². The van der Waals surface area contributed by atoms with Gasteiger partial charge < -0.3 is 14.5 Å². The maximum atomic E-state index is 12.4. The molecular formula is C14H17N2O5+. The molecule has 0 aliphatic carbocycles. The Labute approximate surface area is 121 Å². The monoisotopic (exact) mass is 293 g/mol. The molecule has 0 aromatic carbocycles. The third-order valence-electron chi connectivity index (χ3n) is 4.63. The van der Waals surface area contributed by atoms with Crippen molar-refractivity contribution in [3.05, 3.63) is 24.2 Å². The Kier molecular flexibility index (Phi) is 2.91. The van der Waals surface area contributed by atoms with Crippen LogP contribution in [0.4, 0.5) is 0 Å². The van der Waals surface area contributed by atoms with E-state index < -0.39 is 29.4 Å². The van der Waals surface area contributed by atoms with Crippen LogP contribution in [0.2, 0.25) is 0 Å². The SMILES string of the molecule is COC(=O)[C@@]1(C)[NH2+][C@@H](c2ccco2)[C@H]2C(=O)N(C)C(=O)[C@H]21. The highest BCUT2D eigenvalue weighted by Gasteiger charge is 2.70. The molecule has 2 N–H and O–H groups in total. The highest BCUT2D eigenvalue weighted by molar-refractivity contribution is 6.08. The lowest BCUT2D eigenvalue weighted by Crippen LogP contribution is -2.97. The van der Waals surface area contributed by atoms with Crippen LogP contribution in [0.25, 0.3) is 0 Å². The van der Waals surface area contributed by atoms with Crippen molar-refractivity contribution in [2.24, 2.45) is 11.8 Å². The zero-order valence-electron chi connectivity index (χ0n) is 12.0. The van der Waals surface area contributed by atoms with Gasteiger partial charge in [0.05, 0.1) is 13.4 Å². The van der Waals surface area contributed by atoms with Gasteiger partial charge in [-0.15, -0.1) is 0 Å². The third kappa shape index (κ3) is 1.67. The number of likely N-dealkylation sites (tertiary alicyclic amines) is 1. The molecule has 0 unspecified atom stereocenters. The summed E-state index contributed by atoms with van der Waals surface area (Å²) in [5.41, 5.74) is -1.13. The molecule has 0 saturated carbocycles. The number of methoxy groups -OCH3 is 1. The molecule has 3 heterocycles. The van der Waals surface area contributed by atoms with E-state index in [0.29, 0.717) is 5.76 Å². The molecule has 0 spiro atoms. The van der Waals surface area contributed by atoms with Crippen LogP contribution in [0.15, 0.2) is 22.8 Å². The number of amides is 2. The van der Waals surface area contributed by atoms with E-state index in [9.17, 15) is 14.4 Å². The van der Waals surface area contributed by atoms with Gasteiger partial charge in [0.15, 0.2) is 11.8 Å². The standard InChI is InChI=1S/C14H16N2O5/c1-14(13(19)20-3)9-8(11(17)16(2)12(9)18)10(15-14)7-5-4-6-21-7/h4-6,8-10,15H,1-3H3/p+1/t8-,9-,10-,14-/m0/s1. The summed E-state index contributed by atoms with van der Waals surface area (Å²) in [6.45, 7) is 1.64. The quantitative estimate of drug-likeness (QED) is 0.561. The molecule has 1 aromatic rings. The largest absolute Gasteiger partial charge is 0.464 e. The van der Waals surface area contributed by atoms with Crippen molar-refractivity contribution < 1.29 is 28.9 Å². The van der Waals surface area contributed by atoms with E-state index in [1.54, 1.807) is 24.4 Å². The van der Waals surface area contributed by atoms with Crippen LogP contribution < -0.4 is 5.32 Å². The Morgan fingerprint density at radius 1 is 1.43 bits per heavy atom. The first-order chi connectivity index (χ1) is 9.91. The van der Waals surface area contributed by atoms with Crippen LogP contribution in [-0.4, -0.2) is 42.4 Å². The Morgan fingerprint density at radius 3 is 2.71 bits per heavy atom. The van der Waals surface area contributed by atoms with Crippen LogP contribution in [0, 0.1) is 11.8 Å². The number of nitrogens with two attached hydrogens (primary N) is 1. The summed E-state index contributed by atoms with van der Waals surface area (Å²) < 4.78 is 10.2. The van der Waals surface area contributed by atoms with Crippen molar-refractivity contribution in [3.8, 4) is 0 Å². The first-order valence-electron chi connectivity index (χ1n) is 6.71. The summed E-state index contributed by atoms with van der Waals surface area (Å²) in [5, 5.41) is 1.72. The fourth-order valence-corrected chi connectivity index (χ4v) is 3.56. The molecule has 4 atom stereocenters. The van der Waals surface area contributed by atoms with E-state index in [1.165, 1.54) is 20.4 Å². The Bertz CT molecular complexity index is 611. The predicted molar refractivity (Wildman–Crippen MR) is 68.6 cm³/mol. The van der Waals surface area contributed by atoms with Crippen LogP contribution in [-0.2, 0) is 19.1 Å². The maximum Gasteiger partial charge on any atom is 0.368 e. The van der Waals surface area contributed by atoms with E-state index in [2.05, 4.69) is 0 Å². The average molecular weight is 293 g/mol. The molecule has 2 aliphatic heterocycles. The fraction of sp³-hybridized carbons (Fsp3) is 0.500. The smallest absolute Gasteiger partial charge is 0.368 e. The minimum Gasteiger partial charge on any atom is -0.464 e. The lowest BCUT2D eigenvalue weighted by Gasteiger charge is -2.24. The third-order valence-corrected chi connectivity index (χ3v) is 4.63. The van der Waals surface area contributed by atoms with Crippen molar-refractivity contribution in [3.63, 3.8) is 0 Å². The Hall–Kier alpha value is -2.15. The number of furan rings is 1. The number of fused-ring (bicyclic) bond motifs is 1. The molecule has 2 aliphatic rings. The average Bonchev–Trinajstić information content (AvgIpc) is 3.14. The Balaban J connectivity index is 2.10. The second-order valence-electron chi connectivity index (χ2n) is 5.72. The topological polar surface area (TPSA) is 93.4 Å². The number of carbonyl (C=O) groups is 3. The van der Waals surface area contributed by atoms with Crippen LogP contribution in [0.1, 0.15) is 18.7 Å². The van der Waals surface area contributed by atoms with Crippen molar-refractivity contribution in [2.45, 2.75) is 18.5 Å². The van der Waals surface area contributed by atoms with Gasteiger partial charge in [0.2, 0.25) is 17.4 Å². The molecule has 7 nitrogen and oxygen atoms in total. The molecule has 1 aromatic heterocycles. The van der Waals surface area contributed by atoms with E-state index in [-0.39, 0.29) is 11.8 Å². The first-order valence-corrected chi connectivity index (χ1v) is 6.71. The number of rotatable bonds is 2. The second kappa shape index (κ2) is 4.42. The normalized spacial score (nSPS) is 35.2. The number of hydrogen-bond donors (Lipinski definition) is 1. The van der Waals surface area contributed by atoms with Crippen molar-refractivity contribution in [1.29, 1.82) is 0 Å². The molecule has 0 bridgehead atoms. The first kappa shape index (κ1) is 13.8. The zero-order chi connectivity index (χ0) is 15.4. The molecule has 3 rings (SSSR count). The maximum absolute atomic E-state index is 12.4. The van der Waals surface area contributed by atoms with Gasteiger partial charge in [-0.05, 0) is 12.1 Å². The number of quaternary nitrogens is 1. The van der Waals surface area contributed by atoms with E-state index in [0.717, 1.165) is 4.90 Å². The minimum absolute atomic E-state index is 0.282. The van der Waals surface area contributed by atoms with E-state index >= 15 is 0 Å². The summed E-state index contributed by atoms with van der Waals surface area (Å²) in [5.74, 6) is -1.91. The molecule has 0 radical (unpaired) electrons. The zero-order valence-corrected chi connectivity index (χ0v) is 12.0. The van der Waals surface area contributed by atoms with Gasteiger partial charge in [0.25, 0.3) is 0 Å². The van der Waals surface area contributed by atoms with Gasteiger partial charge in [-0.2, -0.15) is 0 Å². The summed E-state index contributed by atoms with van der Waals surface area (Å²) in [6.07, 6.45) is 1.51. The summed E-state index contributed by atoms with van der Waals surface area (Å²) in [6, 6.07) is 3.06. The van der Waals surface area contributed by atoms with Crippen LogP contribution in [0.3, 0.4) is 0 Å². The second-order valence-corrected chi connectivity index (χ2v) is 5.72. The summed E-state index contributed by atoms with van der Waals surface area (Å²) >= 11 is 0. The molecule has 21 heavy (non-hydrogen) atoms. The highest BCUT2D eigenvalue weighted by Crippen LogP contribution is 2.43. The molecule has 2 amide bonds. The van der Waals surface area contributed by atoms with Gasteiger partial charge in [-0.3, -0.25) is 14.5 Å². The lowest BCUT2D eigenvalue weighted by atomic mass is 9.81. The van der Waals surface area contributed by atoms with Crippen LogP contribution in [0.5, 0.6) is 0 Å². The van der Waals surface area contributed by atoms with E-state index in [4.69, 9.17) is 9.15 Å². The fourth-order valence-electron chi connectivity index (χ4n) is 3.56. The van der Waals surface area contributed by atoms with Crippen molar-refractivity contribution in [1.82, 2.24) is 4.90 Å². The van der Waals surface area contributed by atoms with Gasteiger partial charge in [0.1, 0.15) is 11.8 Å².